The quantitative estimate of drug-likeness (QED) is 0.469. The van der Waals surface area contributed by atoms with Crippen molar-refractivity contribution in [2.75, 3.05) is 6.61 Å². The van der Waals surface area contributed by atoms with Crippen LogP contribution in [-0.2, 0) is 9.53 Å². The number of nitrogens with zero attached hydrogens (tertiary/aromatic N) is 1. The molecule has 5 heteroatoms. The lowest BCUT2D eigenvalue weighted by Gasteiger charge is -2.24. The van der Waals surface area contributed by atoms with Gasteiger partial charge in [0, 0.05) is 10.0 Å². The maximum atomic E-state index is 12.5. The minimum Gasteiger partial charge on any atom is -0.465 e. The van der Waals surface area contributed by atoms with Gasteiger partial charge in [-0.15, -0.1) is 0 Å². The number of ketones is 1. The van der Waals surface area contributed by atoms with Crippen molar-refractivity contribution in [1.82, 2.24) is 0 Å². The molecule has 0 aliphatic carbocycles. The van der Waals surface area contributed by atoms with Crippen LogP contribution in [0.15, 0.2) is 28.7 Å². The topological polar surface area (TPSA) is 67.2 Å². The first kappa shape index (κ1) is 16.4. The van der Waals surface area contributed by atoms with Gasteiger partial charge in [0.05, 0.1) is 18.1 Å². The smallest absolute Gasteiger partial charge is 0.318 e. The van der Waals surface area contributed by atoms with Gasteiger partial charge in [-0.3, -0.25) is 9.59 Å². The van der Waals surface area contributed by atoms with Crippen LogP contribution >= 0.6 is 15.9 Å². The van der Waals surface area contributed by atoms with Crippen molar-refractivity contribution in [2.24, 2.45) is 11.3 Å². The van der Waals surface area contributed by atoms with Crippen molar-refractivity contribution in [3.63, 3.8) is 0 Å². The summed E-state index contributed by atoms with van der Waals surface area (Å²) >= 11 is 3.28. The largest absolute Gasteiger partial charge is 0.465 e. The fraction of sp³-hybridized carbons (Fsp3) is 0.400. The first-order valence-corrected chi connectivity index (χ1v) is 7.00. The molecule has 1 unspecified atom stereocenters. The number of rotatable bonds is 5. The van der Waals surface area contributed by atoms with E-state index < -0.39 is 23.1 Å². The van der Waals surface area contributed by atoms with Crippen molar-refractivity contribution < 1.29 is 14.3 Å². The summed E-state index contributed by atoms with van der Waals surface area (Å²) in [5, 5.41) is 9.20. The number of halogens is 1. The molecule has 0 saturated heterocycles. The molecule has 0 aromatic heterocycles. The number of hydrogen-bond acceptors (Lipinski definition) is 4. The highest BCUT2D eigenvalue weighted by molar-refractivity contribution is 9.10. The number of benzene rings is 1. The molecule has 0 aliphatic rings. The van der Waals surface area contributed by atoms with Crippen LogP contribution in [0.2, 0.25) is 0 Å². The maximum Gasteiger partial charge on any atom is 0.318 e. The average molecular weight is 338 g/mol. The van der Waals surface area contributed by atoms with E-state index in [9.17, 15) is 14.9 Å². The lowest BCUT2D eigenvalue weighted by atomic mass is 9.76. The number of Topliss-reactive ketones (excluding diaryl/α,β-unsaturated/α-hetero) is 1. The number of esters is 1. The summed E-state index contributed by atoms with van der Waals surface area (Å²) < 4.78 is 5.77. The predicted octanol–water partition coefficient (Wildman–Crippen LogP) is 3.36. The second-order valence-corrected chi connectivity index (χ2v) is 5.81. The molecule has 0 heterocycles. The van der Waals surface area contributed by atoms with Gasteiger partial charge >= 0.3 is 5.97 Å². The molecular formula is C15H16BrNO3. The highest BCUT2D eigenvalue weighted by Crippen LogP contribution is 2.30. The molecule has 0 radical (unpaired) electrons. The van der Waals surface area contributed by atoms with E-state index in [4.69, 9.17) is 4.74 Å². The highest BCUT2D eigenvalue weighted by Gasteiger charge is 2.42. The average Bonchev–Trinajstić information content (AvgIpc) is 2.39. The first-order chi connectivity index (χ1) is 9.33. The summed E-state index contributed by atoms with van der Waals surface area (Å²) in [4.78, 5) is 24.5. The van der Waals surface area contributed by atoms with E-state index >= 15 is 0 Å². The van der Waals surface area contributed by atoms with Gasteiger partial charge in [0.2, 0.25) is 0 Å². The third-order valence-corrected chi connectivity index (χ3v) is 3.45. The van der Waals surface area contributed by atoms with Crippen LogP contribution in [0, 0.1) is 22.7 Å². The van der Waals surface area contributed by atoms with Crippen LogP contribution in [0.3, 0.4) is 0 Å². The van der Waals surface area contributed by atoms with E-state index in [1.54, 1.807) is 45.0 Å². The Morgan fingerprint density at radius 3 is 2.35 bits per heavy atom. The van der Waals surface area contributed by atoms with Crippen LogP contribution in [0.25, 0.3) is 0 Å². The Bertz CT molecular complexity index is 543. The van der Waals surface area contributed by atoms with Crippen molar-refractivity contribution in [3.05, 3.63) is 34.3 Å². The van der Waals surface area contributed by atoms with E-state index in [1.165, 1.54) is 0 Å². The molecule has 1 atom stereocenters. The maximum absolute atomic E-state index is 12.5. The molecule has 1 aromatic carbocycles. The van der Waals surface area contributed by atoms with E-state index in [2.05, 4.69) is 15.9 Å². The number of hydrogen-bond donors (Lipinski definition) is 0. The fourth-order valence-corrected chi connectivity index (χ4v) is 2.06. The summed E-state index contributed by atoms with van der Waals surface area (Å²) in [5.41, 5.74) is -0.745. The Balaban J connectivity index is 3.17. The molecule has 0 bridgehead atoms. The van der Waals surface area contributed by atoms with E-state index in [-0.39, 0.29) is 6.61 Å². The molecule has 0 fully saturated rings. The van der Waals surface area contributed by atoms with Crippen molar-refractivity contribution in [2.45, 2.75) is 20.8 Å². The second kappa shape index (κ2) is 6.67. The zero-order valence-corrected chi connectivity index (χ0v) is 13.2. The summed E-state index contributed by atoms with van der Waals surface area (Å²) in [7, 11) is 0. The first-order valence-electron chi connectivity index (χ1n) is 6.21. The zero-order chi connectivity index (χ0) is 15.3. The standard InChI is InChI=1S/C15H16BrNO3/c1-4-20-14(19)12(15(2,3)9-17)13(18)10-5-7-11(16)8-6-10/h5-8,12H,4H2,1-3H3. The molecule has 0 amide bonds. The van der Waals surface area contributed by atoms with Gasteiger partial charge in [0.25, 0.3) is 0 Å². The molecule has 0 spiro atoms. The summed E-state index contributed by atoms with van der Waals surface area (Å²) in [6.07, 6.45) is 0. The summed E-state index contributed by atoms with van der Waals surface area (Å²) in [6, 6.07) is 8.68. The number of carbonyl (C=O) groups is 2. The van der Waals surface area contributed by atoms with Gasteiger partial charge in [-0.05, 0) is 32.9 Å². The molecule has 0 N–H and O–H groups in total. The normalized spacial score (nSPS) is 12.3. The van der Waals surface area contributed by atoms with E-state index in [1.807, 2.05) is 6.07 Å². The molecule has 0 aliphatic heterocycles. The van der Waals surface area contributed by atoms with Gasteiger partial charge < -0.3 is 4.74 Å². The van der Waals surface area contributed by atoms with Crippen molar-refractivity contribution in [1.29, 1.82) is 5.26 Å². The lowest BCUT2D eigenvalue weighted by molar-refractivity contribution is -0.148. The van der Waals surface area contributed by atoms with Gasteiger partial charge in [0.1, 0.15) is 5.92 Å². The van der Waals surface area contributed by atoms with Gasteiger partial charge in [0.15, 0.2) is 5.78 Å². The molecule has 106 valence electrons. The molecule has 4 nitrogen and oxygen atoms in total. The number of nitriles is 1. The van der Waals surface area contributed by atoms with Crippen molar-refractivity contribution in [3.8, 4) is 6.07 Å². The Labute approximate surface area is 126 Å². The van der Waals surface area contributed by atoms with Crippen molar-refractivity contribution >= 4 is 27.7 Å². The van der Waals surface area contributed by atoms with Crippen LogP contribution in [0.4, 0.5) is 0 Å². The molecule has 0 saturated carbocycles. The van der Waals surface area contributed by atoms with Crippen LogP contribution in [0.1, 0.15) is 31.1 Å². The molecular weight excluding hydrogens is 322 g/mol. The molecule has 20 heavy (non-hydrogen) atoms. The van der Waals surface area contributed by atoms with Crippen LogP contribution in [-0.4, -0.2) is 18.4 Å². The number of ether oxygens (including phenoxy) is 1. The van der Waals surface area contributed by atoms with E-state index in [0.717, 1.165) is 4.47 Å². The second-order valence-electron chi connectivity index (χ2n) is 4.89. The summed E-state index contributed by atoms with van der Waals surface area (Å²) in [6.45, 7) is 4.96. The third kappa shape index (κ3) is 3.67. The SMILES string of the molecule is CCOC(=O)C(C(=O)c1ccc(Br)cc1)C(C)(C)C#N. The third-order valence-electron chi connectivity index (χ3n) is 2.92. The minimum atomic E-state index is -1.13. The monoisotopic (exact) mass is 337 g/mol. The van der Waals surface area contributed by atoms with Gasteiger partial charge in [-0.2, -0.15) is 5.26 Å². The Morgan fingerprint density at radius 1 is 1.35 bits per heavy atom. The fourth-order valence-electron chi connectivity index (χ4n) is 1.80. The molecule has 1 rings (SSSR count). The highest BCUT2D eigenvalue weighted by atomic mass is 79.9. The summed E-state index contributed by atoms with van der Waals surface area (Å²) in [5.74, 6) is -2.19. The Hall–Kier alpha value is -1.67. The Kier molecular flexibility index (Phi) is 5.46. The predicted molar refractivity (Wildman–Crippen MR) is 78.0 cm³/mol. The minimum absolute atomic E-state index is 0.171. The van der Waals surface area contributed by atoms with Crippen LogP contribution in [0.5, 0.6) is 0 Å². The molecule has 1 aromatic rings. The van der Waals surface area contributed by atoms with Crippen LogP contribution < -0.4 is 0 Å². The Morgan fingerprint density at radius 2 is 1.90 bits per heavy atom. The van der Waals surface area contributed by atoms with Gasteiger partial charge in [-0.25, -0.2) is 0 Å². The lowest BCUT2D eigenvalue weighted by Crippen LogP contribution is -2.38. The zero-order valence-electron chi connectivity index (χ0n) is 11.6. The number of carbonyl (C=O) groups excluding carboxylic acids is 2. The van der Waals surface area contributed by atoms with E-state index in [0.29, 0.717) is 5.56 Å². The van der Waals surface area contributed by atoms with Gasteiger partial charge in [-0.1, -0.05) is 28.1 Å².